The minimum absolute atomic E-state index is 0.0274. The van der Waals surface area contributed by atoms with Crippen molar-refractivity contribution in [1.29, 1.82) is 0 Å². The normalized spacial score (nSPS) is 19.7. The molecule has 14 rings (SSSR count). The lowest BCUT2D eigenvalue weighted by atomic mass is 9.86. The molecule has 24 heteroatoms. The number of halogens is 4. The summed E-state index contributed by atoms with van der Waals surface area (Å²) in [7, 11) is 3.15. The van der Waals surface area contributed by atoms with Gasteiger partial charge in [0.1, 0.15) is 5.60 Å². The minimum atomic E-state index is -0.695. The Balaban J connectivity index is 0.000000188. The first kappa shape index (κ1) is 74.5. The molecule has 105 heavy (non-hydrogen) atoms. The summed E-state index contributed by atoms with van der Waals surface area (Å²) in [5.41, 5.74) is 15.1. The van der Waals surface area contributed by atoms with Crippen molar-refractivity contribution in [3.8, 4) is 79.0 Å². The van der Waals surface area contributed by atoms with Crippen LogP contribution in [-0.2, 0) is 49.8 Å². The van der Waals surface area contributed by atoms with Crippen LogP contribution in [0, 0.1) is 0 Å². The third kappa shape index (κ3) is 17.7. The predicted octanol–water partition coefficient (Wildman–Crippen LogP) is 14.5. The van der Waals surface area contributed by atoms with Crippen molar-refractivity contribution in [2.24, 2.45) is 0 Å². The molecule has 4 saturated heterocycles. The van der Waals surface area contributed by atoms with E-state index in [4.69, 9.17) is 80.6 Å². The Kier molecular flexibility index (Phi) is 23.7. The second-order valence-corrected chi connectivity index (χ2v) is 30.4. The molecule has 20 nitrogen and oxygen atoms in total. The fraction of sp³-hybridized carbons (Fsp3) is 0.395. The molecule has 8 heterocycles. The number of aryl methyl sites for hydroxylation is 2. The Labute approximate surface area is 632 Å². The van der Waals surface area contributed by atoms with E-state index in [-0.39, 0.29) is 66.4 Å². The minimum Gasteiger partial charge on any atom is -0.481 e. The SMILES string of the molecule is COc1nc(-c2cccc(-c3ccnc(-c4ccc5c(c4)CCCC5NC[C@@H]4CCC(=O)N4)c3Cl)c2Cl)ccc1CN(C[C@@H]1CCC(=O)N1)C(=O)OC(C)(C)C.COc1nc(-c2cccc(-c3ccnc(-c4ccc5c(c4)CCCC5NC[C@@H]4CCC(=O)N4)c3Cl)c2Cl)ccc1CNC[C@@H]1CCC(=O)N1. The van der Waals surface area contributed by atoms with Crippen molar-refractivity contribution in [3.05, 3.63) is 175 Å². The molecule has 548 valence electrons. The van der Waals surface area contributed by atoms with Crippen LogP contribution < -0.4 is 46.7 Å². The van der Waals surface area contributed by atoms with Gasteiger partial charge in [0.05, 0.1) is 63.6 Å². The average Bonchev–Trinajstić information content (AvgIpc) is 1.73. The zero-order valence-electron chi connectivity index (χ0n) is 59.7. The van der Waals surface area contributed by atoms with Crippen molar-refractivity contribution < 1.29 is 38.2 Å². The summed E-state index contributed by atoms with van der Waals surface area (Å²) in [4.78, 5) is 80.7. The van der Waals surface area contributed by atoms with Crippen LogP contribution in [0.5, 0.6) is 11.8 Å². The lowest BCUT2D eigenvalue weighted by molar-refractivity contribution is -0.120. The number of aromatic nitrogens is 4. The Bertz CT molecular complexity index is 4590. The van der Waals surface area contributed by atoms with E-state index in [1.165, 1.54) is 29.4 Å². The number of amides is 5. The van der Waals surface area contributed by atoms with Crippen LogP contribution in [0.3, 0.4) is 0 Å². The number of methoxy groups -OCH3 is 2. The van der Waals surface area contributed by atoms with E-state index in [0.717, 1.165) is 115 Å². The molecule has 6 atom stereocenters. The van der Waals surface area contributed by atoms with Gasteiger partial charge in [-0.05, 0) is 150 Å². The van der Waals surface area contributed by atoms with Gasteiger partial charge in [0.15, 0.2) is 0 Å². The summed E-state index contributed by atoms with van der Waals surface area (Å²) in [5.74, 6) is 1.21. The van der Waals surface area contributed by atoms with Crippen molar-refractivity contribution >= 4 is 76.1 Å². The molecule has 0 bridgehead atoms. The molecule has 8 aromatic rings. The first-order valence-electron chi connectivity index (χ1n) is 36.3. The molecule has 0 spiro atoms. The van der Waals surface area contributed by atoms with Gasteiger partial charge < -0.3 is 56.3 Å². The summed E-state index contributed by atoms with van der Waals surface area (Å²) in [6, 6.07) is 36.8. The molecular weight excluding hydrogens is 1410 g/mol. The Hall–Kier alpha value is -8.73. The van der Waals surface area contributed by atoms with Gasteiger partial charge in [-0.15, -0.1) is 0 Å². The van der Waals surface area contributed by atoms with E-state index in [1.54, 1.807) is 24.4 Å². The Morgan fingerprint density at radius 3 is 1.38 bits per heavy atom. The molecule has 5 amide bonds. The maximum atomic E-state index is 13.3. The first-order valence-corrected chi connectivity index (χ1v) is 37.8. The fourth-order valence-electron chi connectivity index (χ4n) is 15.0. The number of pyridine rings is 4. The third-order valence-corrected chi connectivity index (χ3v) is 21.9. The van der Waals surface area contributed by atoms with Crippen molar-refractivity contribution in [2.45, 2.75) is 166 Å². The van der Waals surface area contributed by atoms with E-state index in [1.807, 2.05) is 93.6 Å². The van der Waals surface area contributed by atoms with Crippen LogP contribution in [0.1, 0.15) is 143 Å². The van der Waals surface area contributed by atoms with Crippen LogP contribution in [0.15, 0.2) is 122 Å². The monoisotopic (exact) mass is 1500 g/mol. The van der Waals surface area contributed by atoms with E-state index < -0.39 is 11.7 Å². The number of carbonyl (C=O) groups is 5. The van der Waals surface area contributed by atoms with Gasteiger partial charge in [-0.2, -0.15) is 0 Å². The lowest BCUT2D eigenvalue weighted by Gasteiger charge is -2.29. The molecular formula is C81H88Cl4N12O8. The van der Waals surface area contributed by atoms with Gasteiger partial charge in [-0.1, -0.05) is 113 Å². The zero-order chi connectivity index (χ0) is 73.5. The van der Waals surface area contributed by atoms with Crippen LogP contribution in [0.4, 0.5) is 4.79 Å². The maximum absolute atomic E-state index is 13.3. The topological polar surface area (TPSA) is 252 Å². The van der Waals surface area contributed by atoms with Gasteiger partial charge in [-0.3, -0.25) is 29.1 Å². The zero-order valence-corrected chi connectivity index (χ0v) is 62.7. The van der Waals surface area contributed by atoms with Gasteiger partial charge in [-0.25, -0.2) is 14.8 Å². The number of hydrogen-bond acceptors (Lipinski definition) is 15. The van der Waals surface area contributed by atoms with Crippen LogP contribution >= 0.6 is 46.4 Å². The summed E-state index contributed by atoms with van der Waals surface area (Å²) in [6.45, 7) is 8.70. The average molecular weight is 1500 g/mol. The highest BCUT2D eigenvalue weighted by molar-refractivity contribution is 6.40. The second-order valence-electron chi connectivity index (χ2n) is 28.8. The second kappa shape index (κ2) is 33.4. The summed E-state index contributed by atoms with van der Waals surface area (Å²) < 4.78 is 17.1. The van der Waals surface area contributed by atoms with E-state index in [9.17, 15) is 24.0 Å². The van der Waals surface area contributed by atoms with Crippen LogP contribution in [0.2, 0.25) is 20.1 Å². The molecule has 2 aliphatic carbocycles. The molecule has 2 unspecified atom stereocenters. The van der Waals surface area contributed by atoms with E-state index in [2.05, 4.69) is 73.6 Å². The summed E-state index contributed by atoms with van der Waals surface area (Å²) in [6.07, 6.45) is 14.7. The number of benzene rings is 4. The number of nitrogens with zero attached hydrogens (tertiary/aromatic N) is 5. The smallest absolute Gasteiger partial charge is 0.410 e. The highest BCUT2D eigenvalue weighted by atomic mass is 35.5. The van der Waals surface area contributed by atoms with E-state index in [0.29, 0.717) is 117 Å². The van der Waals surface area contributed by atoms with Crippen LogP contribution in [-0.4, -0.2) is 125 Å². The number of carbonyl (C=O) groups excluding carboxylic acids is 5. The van der Waals surface area contributed by atoms with Gasteiger partial charge in [0.25, 0.3) is 0 Å². The maximum Gasteiger partial charge on any atom is 0.410 e. The summed E-state index contributed by atoms with van der Waals surface area (Å²) >= 11 is 28.6. The Morgan fingerprint density at radius 2 is 0.933 bits per heavy atom. The molecule has 4 aromatic heterocycles. The molecule has 4 aliphatic heterocycles. The van der Waals surface area contributed by atoms with Gasteiger partial charge in [0.2, 0.25) is 35.4 Å². The number of hydrogen-bond donors (Lipinski definition) is 7. The molecule has 4 fully saturated rings. The van der Waals surface area contributed by atoms with Crippen molar-refractivity contribution in [1.82, 2.24) is 62.1 Å². The number of fused-ring (bicyclic) bond motifs is 2. The molecule has 6 aliphatic rings. The van der Waals surface area contributed by atoms with Gasteiger partial charge in [0, 0.05) is 163 Å². The number of ether oxygens (including phenoxy) is 3. The first-order chi connectivity index (χ1) is 50.7. The fourth-order valence-corrected chi connectivity index (χ4v) is 16.3. The summed E-state index contributed by atoms with van der Waals surface area (Å²) in [5, 5.41) is 24.9. The quantitative estimate of drug-likeness (QED) is 0.0333. The highest BCUT2D eigenvalue weighted by Gasteiger charge is 2.32. The largest absolute Gasteiger partial charge is 0.481 e. The third-order valence-electron chi connectivity index (χ3n) is 20.4. The highest BCUT2D eigenvalue weighted by Crippen LogP contribution is 2.46. The molecule has 0 saturated carbocycles. The molecule has 7 N–H and O–H groups in total. The number of rotatable bonds is 22. The van der Waals surface area contributed by atoms with E-state index >= 15 is 0 Å². The van der Waals surface area contributed by atoms with Crippen molar-refractivity contribution in [3.63, 3.8) is 0 Å². The van der Waals surface area contributed by atoms with Crippen molar-refractivity contribution in [2.75, 3.05) is 40.4 Å². The van der Waals surface area contributed by atoms with Gasteiger partial charge >= 0.3 is 6.09 Å². The lowest BCUT2D eigenvalue weighted by Crippen LogP contribution is -2.43. The molecule has 0 radical (unpaired) electrons. The molecule has 4 aromatic carbocycles. The van der Waals surface area contributed by atoms with Crippen LogP contribution in [0.25, 0.3) is 67.3 Å². The standard InChI is InChI=1S/C43H48Cl2N6O5.C38H40Cl2N6O3/c1-43(2,3)56-42(54)51(24-29-14-18-37(53)49-29)23-27-12-16-35(50-41(27)55-4)33-9-6-8-31(38(33)44)32-19-20-46-40(39(32)45)26-11-15-30-25(21-26)7-5-10-34(30)47-22-28-13-17-36(52)48-28;1-49-38-24(19-41-20-25-10-14-33(47)44-25)9-13-32(46-38)30-6-3-5-28(35(30)39)29-16-17-42-37(36(29)40)23-8-12-27-22(18-23)4-2-7-31(27)43-21-26-11-15-34(48)45-26/h6,8-9,11-12,15-16,19-21,28-29,34,47H,5,7,10,13-14,17-18,22-24H2,1-4H3,(H,48,52)(H,49,53);3,5-6,8-9,12-13,16-18,25-26,31,41,43H,2,4,7,10-11,14-15,19-21H2,1H3,(H,44,47)(H,45,48)/t28-,29-,34?;25-,26-,31?/m00/s1. The number of nitrogens with one attached hydrogen (secondary N) is 7. The Morgan fingerprint density at radius 1 is 0.505 bits per heavy atom. The predicted molar refractivity (Wildman–Crippen MR) is 410 cm³/mol.